The van der Waals surface area contributed by atoms with Crippen LogP contribution in [0.5, 0.6) is 0 Å². The maximum Gasteiger partial charge on any atom is 0.164 e. The average Bonchev–Trinajstić information content (AvgIpc) is 3.61. The van der Waals surface area contributed by atoms with Crippen molar-refractivity contribution in [3.05, 3.63) is 164 Å². The molecule has 47 heavy (non-hydrogen) atoms. The van der Waals surface area contributed by atoms with Crippen LogP contribution in [0.3, 0.4) is 0 Å². The molecule has 0 bridgehead atoms. The Labute approximate surface area is 284 Å². The summed E-state index contributed by atoms with van der Waals surface area (Å²) in [5.74, 6) is 0.529. The van der Waals surface area contributed by atoms with Crippen LogP contribution < -0.4 is 0 Å². The lowest BCUT2D eigenvalue weighted by atomic mass is 9.97. The van der Waals surface area contributed by atoms with Crippen LogP contribution in [-0.4, -0.2) is 15.0 Å². The molecule has 2 aromatic heterocycles. The Morgan fingerprint density at radius 2 is 1.09 bits per heavy atom. The normalized spacial score (nSPS) is 14.1. The van der Waals surface area contributed by atoms with Crippen molar-refractivity contribution in [2.45, 2.75) is 0 Å². The maximum absolute atomic E-state index is 9.54. The molecule has 0 atom stereocenters. The Hall–Kier alpha value is -6.39. The van der Waals surface area contributed by atoms with E-state index in [-0.39, 0.29) is 70.4 Å². The third kappa shape index (κ3) is 4.93. The van der Waals surface area contributed by atoms with Crippen molar-refractivity contribution in [1.82, 2.24) is 15.0 Å². The molecule has 9 rings (SSSR count). The summed E-state index contributed by atoms with van der Waals surface area (Å²) in [6, 6.07) is 29.9. The lowest BCUT2D eigenvalue weighted by Gasteiger charge is -2.11. The number of furan rings is 1. The minimum atomic E-state index is -0.453. The van der Waals surface area contributed by atoms with Gasteiger partial charge in [0.05, 0.1) is 12.3 Å². The van der Waals surface area contributed by atoms with Crippen molar-refractivity contribution >= 4 is 32.7 Å². The first-order chi connectivity index (χ1) is 27.0. The molecule has 2 heterocycles. The number of aromatic nitrogens is 3. The van der Waals surface area contributed by atoms with Crippen molar-refractivity contribution in [2.24, 2.45) is 0 Å². The molecule has 220 valence electrons. The van der Waals surface area contributed by atoms with Gasteiger partial charge in [0.15, 0.2) is 17.5 Å². The van der Waals surface area contributed by atoms with Gasteiger partial charge in [-0.3, -0.25) is 0 Å². The molecule has 4 heteroatoms. The second kappa shape index (κ2) is 11.2. The highest BCUT2D eigenvalue weighted by atomic mass is 16.3. The number of para-hydroxylation sites is 1. The van der Waals surface area contributed by atoms with E-state index in [9.17, 15) is 1.37 Å². The summed E-state index contributed by atoms with van der Waals surface area (Å²) < 4.78 is 83.7. The van der Waals surface area contributed by atoms with E-state index in [1.54, 1.807) is 36.4 Å². The van der Waals surface area contributed by atoms with E-state index in [1.165, 1.54) is 0 Å². The van der Waals surface area contributed by atoms with Gasteiger partial charge in [-0.2, -0.15) is 0 Å². The van der Waals surface area contributed by atoms with Crippen molar-refractivity contribution in [1.29, 1.82) is 0 Å². The zero-order chi connectivity index (χ0) is 39.0. The fourth-order valence-corrected chi connectivity index (χ4v) is 5.84. The van der Waals surface area contributed by atoms with Crippen LogP contribution in [0.2, 0.25) is 0 Å². The Morgan fingerprint density at radius 1 is 0.447 bits per heavy atom. The molecule has 7 aromatic carbocycles. The zero-order valence-electron chi connectivity index (χ0n) is 33.6. The number of fused-ring (bicyclic) bond motifs is 4. The lowest BCUT2D eigenvalue weighted by molar-refractivity contribution is 0.669. The summed E-state index contributed by atoms with van der Waals surface area (Å²) in [6.45, 7) is 0. The standard InChI is InChI=1S/C43H27N3O/c1-3-11-28(12-4-1)30-21-22-32-26-35(24-23-31(32)25-30)43-45-41(29-13-5-2-6-14-29)44-42(46-43)34-16-9-15-33(27-34)36-18-10-20-39-40(36)37-17-7-8-19-38(37)47-39/h1-27H/i1D,3D,4D,9D,11D,12D,15D,16D,27D. The smallest absolute Gasteiger partial charge is 0.164 e. The molecule has 0 saturated carbocycles. The van der Waals surface area contributed by atoms with Gasteiger partial charge in [-0.05, 0) is 63.3 Å². The van der Waals surface area contributed by atoms with Crippen molar-refractivity contribution in [2.75, 3.05) is 0 Å². The zero-order valence-corrected chi connectivity index (χ0v) is 24.6. The first-order valence-electron chi connectivity index (χ1n) is 19.5. The molecule has 0 saturated heterocycles. The van der Waals surface area contributed by atoms with Crippen LogP contribution >= 0.6 is 0 Å². The highest BCUT2D eigenvalue weighted by molar-refractivity contribution is 6.12. The molecule has 9 aromatic rings. The number of hydrogen-bond acceptors (Lipinski definition) is 4. The van der Waals surface area contributed by atoms with Crippen LogP contribution in [0.25, 0.3) is 89.1 Å². The monoisotopic (exact) mass is 610 g/mol. The number of rotatable bonds is 5. The van der Waals surface area contributed by atoms with Crippen LogP contribution in [0, 0.1) is 0 Å². The van der Waals surface area contributed by atoms with Gasteiger partial charge in [-0.1, -0.05) is 133 Å². The third-order valence-corrected chi connectivity index (χ3v) is 8.07. The first-order valence-corrected chi connectivity index (χ1v) is 15.0. The fraction of sp³-hybridized carbons (Fsp3) is 0. The highest BCUT2D eigenvalue weighted by Crippen LogP contribution is 2.38. The predicted octanol–water partition coefficient (Wildman–Crippen LogP) is 11.3. The lowest BCUT2D eigenvalue weighted by Crippen LogP contribution is -2.00. The molecule has 4 nitrogen and oxygen atoms in total. The Bertz CT molecular complexity index is 3070. The minimum absolute atomic E-state index is 0.000498. The first kappa shape index (κ1) is 19.2. The molecule has 0 aliphatic rings. The molecule has 0 fully saturated rings. The Kier molecular flexibility index (Phi) is 4.57. The van der Waals surface area contributed by atoms with Gasteiger partial charge >= 0.3 is 0 Å². The van der Waals surface area contributed by atoms with Gasteiger partial charge < -0.3 is 4.42 Å². The van der Waals surface area contributed by atoms with E-state index in [1.807, 2.05) is 72.8 Å². The fourth-order valence-electron chi connectivity index (χ4n) is 5.84. The van der Waals surface area contributed by atoms with E-state index < -0.39 is 18.1 Å². The maximum atomic E-state index is 9.54. The Morgan fingerprint density at radius 3 is 1.91 bits per heavy atom. The second-order valence-electron chi connectivity index (χ2n) is 11.0. The van der Waals surface area contributed by atoms with E-state index in [4.69, 9.17) is 30.3 Å². The summed E-state index contributed by atoms with van der Waals surface area (Å²) >= 11 is 0. The van der Waals surface area contributed by atoms with Crippen molar-refractivity contribution in [3.63, 3.8) is 0 Å². The van der Waals surface area contributed by atoms with E-state index in [0.29, 0.717) is 38.8 Å². The van der Waals surface area contributed by atoms with Gasteiger partial charge in [0.25, 0.3) is 0 Å². The van der Waals surface area contributed by atoms with E-state index in [0.717, 1.165) is 16.2 Å². The molecular weight excluding hydrogens is 574 g/mol. The van der Waals surface area contributed by atoms with Crippen LogP contribution in [0.1, 0.15) is 12.3 Å². The molecule has 0 amide bonds. The van der Waals surface area contributed by atoms with Crippen LogP contribution in [0.4, 0.5) is 0 Å². The van der Waals surface area contributed by atoms with Gasteiger partial charge in [0.2, 0.25) is 0 Å². The largest absolute Gasteiger partial charge is 0.456 e. The second-order valence-corrected chi connectivity index (χ2v) is 11.0. The molecule has 0 unspecified atom stereocenters. The highest BCUT2D eigenvalue weighted by Gasteiger charge is 2.16. The van der Waals surface area contributed by atoms with Crippen molar-refractivity contribution in [3.8, 4) is 56.4 Å². The summed E-state index contributed by atoms with van der Waals surface area (Å²) in [7, 11) is 0. The molecule has 0 aliphatic carbocycles. The molecule has 0 spiro atoms. The topological polar surface area (TPSA) is 51.8 Å². The third-order valence-electron chi connectivity index (χ3n) is 8.07. The average molecular weight is 611 g/mol. The summed E-state index contributed by atoms with van der Waals surface area (Å²) in [6.07, 6.45) is 0. The molecule has 0 aliphatic heterocycles. The number of benzene rings is 7. The molecule has 0 N–H and O–H groups in total. The minimum Gasteiger partial charge on any atom is -0.456 e. The van der Waals surface area contributed by atoms with Gasteiger partial charge in [0.1, 0.15) is 11.2 Å². The van der Waals surface area contributed by atoms with Crippen molar-refractivity contribution < 1.29 is 16.8 Å². The predicted molar refractivity (Wildman–Crippen MR) is 192 cm³/mol. The summed E-state index contributed by atoms with van der Waals surface area (Å²) in [5.41, 5.74) is 3.70. The number of nitrogens with zero attached hydrogens (tertiary/aromatic N) is 3. The van der Waals surface area contributed by atoms with Crippen LogP contribution in [0.15, 0.2) is 168 Å². The molecule has 0 radical (unpaired) electrons. The number of hydrogen-bond donors (Lipinski definition) is 0. The Balaban J connectivity index is 1.23. The van der Waals surface area contributed by atoms with Crippen LogP contribution in [-0.2, 0) is 0 Å². The van der Waals surface area contributed by atoms with E-state index in [2.05, 4.69) is 0 Å². The van der Waals surface area contributed by atoms with Gasteiger partial charge in [0, 0.05) is 27.5 Å². The molecular formula is C43H27N3O. The SMILES string of the molecule is [2H]c1c([2H])c([2H])c(-c2ccc3cc(-c4nc(-c5ccccc5)nc(-c5c([2H])c([2H])c([2H])c(-c6cccc7oc8ccccc8c67)c5[2H])n4)ccc3c2)c([2H])c1[2H]. The quantitative estimate of drug-likeness (QED) is 0.195. The van der Waals surface area contributed by atoms with Gasteiger partial charge in [-0.25, -0.2) is 15.0 Å². The van der Waals surface area contributed by atoms with Gasteiger partial charge in [-0.15, -0.1) is 0 Å². The van der Waals surface area contributed by atoms with E-state index >= 15 is 0 Å². The summed E-state index contributed by atoms with van der Waals surface area (Å²) in [4.78, 5) is 14.4. The summed E-state index contributed by atoms with van der Waals surface area (Å²) in [5, 5.41) is 3.00.